The molecule has 0 spiro atoms. The van der Waals surface area contributed by atoms with Crippen molar-refractivity contribution in [3.63, 3.8) is 0 Å². The average Bonchev–Trinajstić information content (AvgIpc) is 3.03. The molecule has 2 aromatic carbocycles. The Kier molecular flexibility index (Phi) is 5.96. The van der Waals surface area contributed by atoms with Crippen molar-refractivity contribution in [1.82, 2.24) is 0 Å². The van der Waals surface area contributed by atoms with Crippen LogP contribution in [0.5, 0.6) is 5.75 Å². The maximum Gasteiger partial charge on any atom is 0.229 e. The minimum Gasteiger partial charge on any atom is -0.491 e. The molecule has 0 aliphatic carbocycles. The third-order valence-corrected chi connectivity index (χ3v) is 5.01. The first-order valence-electron chi connectivity index (χ1n) is 10.1. The largest absolute Gasteiger partial charge is 0.491 e. The molecule has 5 nitrogen and oxygen atoms in total. The lowest BCUT2D eigenvalue weighted by molar-refractivity contribution is -0.122. The van der Waals surface area contributed by atoms with E-state index in [0.717, 1.165) is 22.7 Å². The van der Waals surface area contributed by atoms with E-state index in [2.05, 4.69) is 26.1 Å². The topological polar surface area (TPSA) is 58.6 Å². The van der Waals surface area contributed by atoms with Gasteiger partial charge in [-0.1, -0.05) is 39.0 Å². The van der Waals surface area contributed by atoms with Crippen LogP contribution >= 0.6 is 0 Å². The molecular weight excluding hydrogens is 364 g/mol. The van der Waals surface area contributed by atoms with Gasteiger partial charge in [0.1, 0.15) is 5.75 Å². The molecule has 0 radical (unpaired) electrons. The molecule has 1 aliphatic rings. The van der Waals surface area contributed by atoms with Crippen molar-refractivity contribution in [3.05, 3.63) is 54.1 Å². The second-order valence-electron chi connectivity index (χ2n) is 8.85. The molecule has 0 saturated carbocycles. The summed E-state index contributed by atoms with van der Waals surface area (Å²) < 4.78 is 5.66. The molecule has 5 heteroatoms. The van der Waals surface area contributed by atoms with Crippen LogP contribution in [0.1, 0.15) is 46.6 Å². The summed E-state index contributed by atoms with van der Waals surface area (Å²) in [5, 5.41) is 3.04. The number of para-hydroxylation sites is 1. The molecule has 1 fully saturated rings. The Bertz CT molecular complexity index is 882. The van der Waals surface area contributed by atoms with E-state index in [-0.39, 0.29) is 35.7 Å². The highest BCUT2D eigenvalue weighted by Crippen LogP contribution is 2.31. The molecule has 154 valence electrons. The number of carbonyl (C=O) groups is 2. The van der Waals surface area contributed by atoms with Gasteiger partial charge < -0.3 is 15.0 Å². The molecule has 1 heterocycles. The van der Waals surface area contributed by atoms with Crippen LogP contribution in [0.4, 0.5) is 11.4 Å². The molecule has 1 saturated heterocycles. The van der Waals surface area contributed by atoms with E-state index in [4.69, 9.17) is 4.74 Å². The summed E-state index contributed by atoms with van der Waals surface area (Å²) in [6.45, 7) is 10.7. The smallest absolute Gasteiger partial charge is 0.229 e. The molecule has 1 atom stereocenters. The van der Waals surface area contributed by atoms with E-state index in [1.165, 1.54) is 0 Å². The molecule has 2 amide bonds. The maximum atomic E-state index is 12.9. The Morgan fingerprint density at radius 2 is 1.76 bits per heavy atom. The zero-order chi connectivity index (χ0) is 21.2. The van der Waals surface area contributed by atoms with Gasteiger partial charge in [-0.15, -0.1) is 0 Å². The van der Waals surface area contributed by atoms with Crippen molar-refractivity contribution in [2.24, 2.45) is 5.92 Å². The number of hydrogen-bond acceptors (Lipinski definition) is 3. The minimum atomic E-state index is -0.373. The summed E-state index contributed by atoms with van der Waals surface area (Å²) in [6, 6.07) is 15.3. The summed E-state index contributed by atoms with van der Waals surface area (Å²) in [6.07, 6.45) is 0.312. The second kappa shape index (κ2) is 8.27. The number of amides is 2. The van der Waals surface area contributed by atoms with E-state index in [9.17, 15) is 9.59 Å². The predicted octanol–water partition coefficient (Wildman–Crippen LogP) is 4.76. The van der Waals surface area contributed by atoms with Gasteiger partial charge in [-0.05, 0) is 55.2 Å². The molecule has 0 bridgehead atoms. The first-order chi connectivity index (χ1) is 13.6. The Morgan fingerprint density at radius 3 is 2.38 bits per heavy atom. The molecule has 0 aromatic heterocycles. The van der Waals surface area contributed by atoms with Gasteiger partial charge in [0.2, 0.25) is 11.8 Å². The summed E-state index contributed by atoms with van der Waals surface area (Å²) >= 11 is 0. The quantitative estimate of drug-likeness (QED) is 0.795. The average molecular weight is 395 g/mol. The van der Waals surface area contributed by atoms with Crippen LogP contribution in [0.25, 0.3) is 0 Å². The van der Waals surface area contributed by atoms with Gasteiger partial charge in [0, 0.05) is 24.3 Å². The van der Waals surface area contributed by atoms with Crippen LogP contribution in [-0.2, 0) is 15.0 Å². The van der Waals surface area contributed by atoms with E-state index in [1.807, 2.05) is 62.4 Å². The Balaban J connectivity index is 1.70. The van der Waals surface area contributed by atoms with Crippen molar-refractivity contribution in [3.8, 4) is 5.75 Å². The zero-order valence-electron chi connectivity index (χ0n) is 17.9. The van der Waals surface area contributed by atoms with Crippen molar-refractivity contribution >= 4 is 23.2 Å². The number of nitrogens with zero attached hydrogens (tertiary/aromatic N) is 1. The number of rotatable bonds is 5. The highest BCUT2D eigenvalue weighted by atomic mass is 16.5. The van der Waals surface area contributed by atoms with Crippen LogP contribution in [0.2, 0.25) is 0 Å². The Hall–Kier alpha value is -2.82. The van der Waals surface area contributed by atoms with Crippen LogP contribution < -0.4 is 15.0 Å². The van der Waals surface area contributed by atoms with Gasteiger partial charge in [-0.3, -0.25) is 9.59 Å². The first-order valence-corrected chi connectivity index (χ1v) is 10.1. The van der Waals surface area contributed by atoms with Crippen molar-refractivity contribution < 1.29 is 14.3 Å². The van der Waals surface area contributed by atoms with E-state index < -0.39 is 0 Å². The lowest BCUT2D eigenvalue weighted by atomic mass is 9.85. The fraction of sp³-hybridized carbons (Fsp3) is 0.417. The number of anilines is 2. The third kappa shape index (κ3) is 4.97. The van der Waals surface area contributed by atoms with Crippen molar-refractivity contribution in [1.29, 1.82) is 0 Å². The van der Waals surface area contributed by atoms with Crippen LogP contribution in [-0.4, -0.2) is 24.5 Å². The summed E-state index contributed by atoms with van der Waals surface area (Å²) in [4.78, 5) is 27.1. The molecule has 1 aliphatic heterocycles. The van der Waals surface area contributed by atoms with Crippen molar-refractivity contribution in [2.45, 2.75) is 52.6 Å². The van der Waals surface area contributed by atoms with Crippen LogP contribution in [0, 0.1) is 5.92 Å². The lowest BCUT2D eigenvalue weighted by Gasteiger charge is -2.23. The summed E-state index contributed by atoms with van der Waals surface area (Å²) in [5.74, 6) is 0.245. The predicted molar refractivity (Wildman–Crippen MR) is 116 cm³/mol. The number of hydrogen-bond donors (Lipinski definition) is 1. The standard InChI is InChI=1S/C24H30N2O3/c1-16(2)29-19-12-10-18(11-13-19)26-15-17(14-22(26)27)23(28)25-21-9-7-6-8-20(21)24(3,4)5/h6-13,16-17H,14-15H2,1-5H3,(H,25,28)/t17-/m0/s1. The van der Waals surface area contributed by atoms with Crippen LogP contribution in [0.15, 0.2) is 48.5 Å². The minimum absolute atomic E-state index is 0.0354. The number of benzene rings is 2. The summed E-state index contributed by atoms with van der Waals surface area (Å²) in [5.41, 5.74) is 2.60. The fourth-order valence-electron chi connectivity index (χ4n) is 3.59. The fourth-order valence-corrected chi connectivity index (χ4v) is 3.59. The van der Waals surface area contributed by atoms with Gasteiger partial charge >= 0.3 is 0 Å². The van der Waals surface area contributed by atoms with Gasteiger partial charge in [-0.25, -0.2) is 0 Å². The highest BCUT2D eigenvalue weighted by Gasteiger charge is 2.35. The number of ether oxygens (including phenoxy) is 1. The summed E-state index contributed by atoms with van der Waals surface area (Å²) in [7, 11) is 0. The molecule has 29 heavy (non-hydrogen) atoms. The van der Waals surface area contributed by atoms with E-state index >= 15 is 0 Å². The monoisotopic (exact) mass is 394 g/mol. The normalized spacial score (nSPS) is 17.0. The Labute approximate surface area is 173 Å². The van der Waals surface area contributed by atoms with Gasteiger partial charge in [0.25, 0.3) is 0 Å². The molecular formula is C24H30N2O3. The SMILES string of the molecule is CC(C)Oc1ccc(N2C[C@@H](C(=O)Nc3ccccc3C(C)(C)C)CC2=O)cc1. The van der Waals surface area contributed by atoms with Crippen molar-refractivity contribution in [2.75, 3.05) is 16.8 Å². The molecule has 0 unspecified atom stereocenters. The van der Waals surface area contributed by atoms with Gasteiger partial charge in [-0.2, -0.15) is 0 Å². The second-order valence-corrected chi connectivity index (χ2v) is 8.85. The van der Waals surface area contributed by atoms with Gasteiger partial charge in [0.15, 0.2) is 0 Å². The Morgan fingerprint density at radius 1 is 1.10 bits per heavy atom. The number of carbonyl (C=O) groups excluding carboxylic acids is 2. The molecule has 1 N–H and O–H groups in total. The zero-order valence-corrected chi connectivity index (χ0v) is 17.9. The number of nitrogens with one attached hydrogen (secondary N) is 1. The van der Waals surface area contributed by atoms with E-state index in [0.29, 0.717) is 6.54 Å². The molecule has 3 rings (SSSR count). The van der Waals surface area contributed by atoms with E-state index in [1.54, 1.807) is 4.90 Å². The first kappa shape index (κ1) is 20.9. The maximum absolute atomic E-state index is 12.9. The molecule has 2 aromatic rings. The highest BCUT2D eigenvalue weighted by molar-refractivity contribution is 6.03. The third-order valence-electron chi connectivity index (χ3n) is 5.01. The van der Waals surface area contributed by atoms with Gasteiger partial charge in [0.05, 0.1) is 12.0 Å². The van der Waals surface area contributed by atoms with Crippen LogP contribution in [0.3, 0.4) is 0 Å². The lowest BCUT2D eigenvalue weighted by Crippen LogP contribution is -2.28.